The molecule has 14 heteroatoms. The van der Waals surface area contributed by atoms with Crippen molar-refractivity contribution in [1.29, 1.82) is 0 Å². The second-order valence-corrected chi connectivity index (χ2v) is 10.6. The van der Waals surface area contributed by atoms with Gasteiger partial charge in [0.25, 0.3) is 15.9 Å². The number of carboxylic acid groups (broad SMARTS) is 1. The van der Waals surface area contributed by atoms with Crippen LogP contribution < -0.4 is 26.8 Å². The molecule has 0 bridgehead atoms. The molecule has 3 rings (SSSR count). The zero-order chi connectivity index (χ0) is 26.5. The van der Waals surface area contributed by atoms with E-state index in [1.807, 2.05) is 0 Å². The zero-order valence-corrected chi connectivity index (χ0v) is 21.3. The number of sulfonamides is 1. The molecule has 0 aliphatic rings. The minimum Gasteiger partial charge on any atom is -0.480 e. The fourth-order valence-corrected chi connectivity index (χ4v) is 5.47. The first kappa shape index (κ1) is 27.3. The summed E-state index contributed by atoms with van der Waals surface area (Å²) < 4.78 is 33.9. The van der Waals surface area contributed by atoms with Gasteiger partial charge in [0.1, 0.15) is 23.0 Å². The van der Waals surface area contributed by atoms with E-state index in [1.165, 1.54) is 23.6 Å². The molecular formula is C22H28N6O6S2. The number of anilines is 1. The number of carboxylic acids is 1. The van der Waals surface area contributed by atoms with Gasteiger partial charge in [-0.1, -0.05) is 17.3 Å². The van der Waals surface area contributed by atoms with E-state index in [2.05, 4.69) is 20.5 Å². The summed E-state index contributed by atoms with van der Waals surface area (Å²) in [4.78, 5) is 24.4. The smallest absolute Gasteiger partial charge is 0.326 e. The van der Waals surface area contributed by atoms with E-state index < -0.39 is 34.2 Å². The summed E-state index contributed by atoms with van der Waals surface area (Å²) in [5, 5.41) is 20.1. The molecule has 3 aromatic rings. The van der Waals surface area contributed by atoms with Gasteiger partial charge in [0.2, 0.25) is 0 Å². The monoisotopic (exact) mass is 536 g/mol. The third kappa shape index (κ3) is 6.67. The van der Waals surface area contributed by atoms with Crippen LogP contribution in [0.15, 0.2) is 45.1 Å². The van der Waals surface area contributed by atoms with Gasteiger partial charge in [-0.05, 0) is 62.4 Å². The van der Waals surface area contributed by atoms with E-state index in [4.69, 9.17) is 16.0 Å². The van der Waals surface area contributed by atoms with Gasteiger partial charge in [0.15, 0.2) is 0 Å². The van der Waals surface area contributed by atoms with Crippen LogP contribution in [0.2, 0.25) is 0 Å². The van der Waals surface area contributed by atoms with Crippen LogP contribution in [0.25, 0.3) is 11.1 Å². The molecular weight excluding hydrogens is 508 g/mol. The third-order valence-electron chi connectivity index (χ3n) is 5.24. The molecule has 2 aromatic heterocycles. The summed E-state index contributed by atoms with van der Waals surface area (Å²) in [7, 11) is -4.07. The highest BCUT2D eigenvalue weighted by molar-refractivity contribution is 7.92. The molecule has 1 aromatic carbocycles. The number of thiophene rings is 1. The number of nitrogens with one attached hydrogen (secondary N) is 3. The topological polar surface area (TPSA) is 203 Å². The molecule has 0 aliphatic heterocycles. The van der Waals surface area contributed by atoms with Crippen LogP contribution in [-0.4, -0.2) is 49.4 Å². The van der Waals surface area contributed by atoms with Crippen molar-refractivity contribution in [2.75, 3.05) is 11.3 Å². The van der Waals surface area contributed by atoms with E-state index in [0.717, 1.165) is 11.3 Å². The third-order valence-corrected chi connectivity index (χ3v) is 7.51. The number of aliphatic carboxylic acids is 1. The lowest BCUT2D eigenvalue weighted by Crippen LogP contribution is -2.46. The Labute approximate surface area is 212 Å². The summed E-state index contributed by atoms with van der Waals surface area (Å²) in [6.45, 7) is 3.86. The van der Waals surface area contributed by atoms with Gasteiger partial charge in [-0.15, -0.1) is 11.3 Å². The number of benzene rings is 1. The Bertz CT molecular complexity index is 1310. The largest absolute Gasteiger partial charge is 0.480 e. The van der Waals surface area contributed by atoms with Gasteiger partial charge in [-0.3, -0.25) is 14.8 Å². The van der Waals surface area contributed by atoms with Crippen LogP contribution in [0.5, 0.6) is 0 Å². The van der Waals surface area contributed by atoms with E-state index >= 15 is 0 Å². The van der Waals surface area contributed by atoms with Crippen molar-refractivity contribution in [3.63, 3.8) is 0 Å². The highest BCUT2D eigenvalue weighted by atomic mass is 32.2. The molecule has 0 radical (unpaired) electrons. The van der Waals surface area contributed by atoms with Crippen molar-refractivity contribution in [3.8, 4) is 11.1 Å². The lowest BCUT2D eigenvalue weighted by molar-refractivity contribution is -0.139. The zero-order valence-electron chi connectivity index (χ0n) is 19.6. The molecule has 0 saturated heterocycles. The predicted octanol–water partition coefficient (Wildman–Crippen LogP) is 1.57. The summed E-state index contributed by atoms with van der Waals surface area (Å²) in [5.41, 5.74) is 12.8. The quantitative estimate of drug-likeness (QED) is 0.146. The molecule has 12 nitrogen and oxygen atoms in total. The summed E-state index contributed by atoms with van der Waals surface area (Å²) in [6.07, 6.45) is -0.204. The van der Waals surface area contributed by atoms with Crippen LogP contribution in [0.4, 0.5) is 5.69 Å². The Kier molecular flexibility index (Phi) is 8.81. The van der Waals surface area contributed by atoms with E-state index in [-0.39, 0.29) is 21.9 Å². The van der Waals surface area contributed by atoms with Crippen molar-refractivity contribution < 1.29 is 27.6 Å². The first-order valence-electron chi connectivity index (χ1n) is 10.9. The van der Waals surface area contributed by atoms with Gasteiger partial charge in [0, 0.05) is 5.56 Å². The number of nitrogens with zero attached hydrogens (tertiary/aromatic N) is 1. The average molecular weight is 537 g/mol. The Morgan fingerprint density at radius 2 is 1.97 bits per heavy atom. The number of hydrogen-bond acceptors (Lipinski definition) is 10. The number of nitrogens with two attached hydrogens (primary N) is 2. The number of carbonyl (C=O) groups excluding carboxylic acids is 1. The van der Waals surface area contributed by atoms with Gasteiger partial charge < -0.3 is 26.4 Å². The molecule has 0 aliphatic carbocycles. The van der Waals surface area contributed by atoms with E-state index in [1.54, 1.807) is 26.0 Å². The Hall–Kier alpha value is -3.30. The molecule has 0 unspecified atom stereocenters. The van der Waals surface area contributed by atoms with Gasteiger partial charge in [-0.25, -0.2) is 13.2 Å². The SMILES string of the molecule is Cc1noc(C)c1-c1cccc(S(=O)(=O)Nc2ccsc2C(=O)N[C@@H](CCCNC(N)N)C(=O)O)c1. The Morgan fingerprint density at radius 1 is 1.22 bits per heavy atom. The molecule has 0 fully saturated rings. The fourth-order valence-electron chi connectivity index (χ4n) is 3.54. The van der Waals surface area contributed by atoms with Crippen molar-refractivity contribution in [1.82, 2.24) is 15.8 Å². The summed E-state index contributed by atoms with van der Waals surface area (Å²) in [6, 6.07) is 6.53. The number of amides is 1. The van der Waals surface area contributed by atoms with Crippen LogP contribution >= 0.6 is 11.3 Å². The lowest BCUT2D eigenvalue weighted by atomic mass is 10.0. The number of rotatable bonds is 12. The maximum atomic E-state index is 13.1. The molecule has 0 spiro atoms. The van der Waals surface area contributed by atoms with Crippen molar-refractivity contribution >= 4 is 38.9 Å². The van der Waals surface area contributed by atoms with Crippen LogP contribution in [0, 0.1) is 13.8 Å². The molecule has 194 valence electrons. The van der Waals surface area contributed by atoms with Gasteiger partial charge >= 0.3 is 5.97 Å². The minimum atomic E-state index is -4.07. The summed E-state index contributed by atoms with van der Waals surface area (Å²) >= 11 is 0.987. The van der Waals surface area contributed by atoms with Crippen molar-refractivity contribution in [2.24, 2.45) is 11.5 Å². The highest BCUT2D eigenvalue weighted by Crippen LogP contribution is 2.30. The first-order chi connectivity index (χ1) is 17.0. The van der Waals surface area contributed by atoms with Crippen LogP contribution in [0.1, 0.15) is 34.0 Å². The Balaban J connectivity index is 1.75. The van der Waals surface area contributed by atoms with Gasteiger partial charge in [0.05, 0.1) is 16.3 Å². The normalized spacial score (nSPS) is 12.5. The number of hydrogen-bond donors (Lipinski definition) is 6. The maximum Gasteiger partial charge on any atom is 0.326 e. The standard InChI is InChI=1S/C22H28N6O6S2/c1-12-18(13(2)34-27-12)14-5-3-6-15(11-14)36(32,33)28-16-8-10-35-19(16)20(29)26-17(21(30)31)7-4-9-25-22(23)24/h3,5-6,8,10-11,17,22,25,28H,4,7,9,23-24H2,1-2H3,(H,26,29)(H,30,31)/t17-/m0/s1. The first-order valence-corrected chi connectivity index (χ1v) is 13.3. The van der Waals surface area contributed by atoms with Gasteiger partial charge in [-0.2, -0.15) is 0 Å². The second kappa shape index (κ2) is 11.6. The summed E-state index contributed by atoms with van der Waals surface area (Å²) in [5.74, 6) is -1.36. The van der Waals surface area contributed by atoms with E-state index in [9.17, 15) is 23.1 Å². The number of aromatic nitrogens is 1. The molecule has 2 heterocycles. The van der Waals surface area contributed by atoms with Crippen LogP contribution in [-0.2, 0) is 14.8 Å². The number of carbonyl (C=O) groups is 2. The molecule has 1 amide bonds. The molecule has 36 heavy (non-hydrogen) atoms. The predicted molar refractivity (Wildman–Crippen MR) is 135 cm³/mol. The molecule has 8 N–H and O–H groups in total. The number of aryl methyl sites for hydroxylation is 2. The Morgan fingerprint density at radius 3 is 2.61 bits per heavy atom. The van der Waals surface area contributed by atoms with Crippen molar-refractivity contribution in [3.05, 3.63) is 52.0 Å². The molecule has 0 saturated carbocycles. The fraction of sp³-hybridized carbons (Fsp3) is 0.318. The maximum absolute atomic E-state index is 13.1. The molecule has 1 atom stereocenters. The van der Waals surface area contributed by atoms with Crippen LogP contribution in [0.3, 0.4) is 0 Å². The average Bonchev–Trinajstić information content (AvgIpc) is 3.40. The van der Waals surface area contributed by atoms with Crippen molar-refractivity contribution in [2.45, 2.75) is 43.9 Å². The van der Waals surface area contributed by atoms with E-state index in [0.29, 0.717) is 35.5 Å². The minimum absolute atomic E-state index is 0.0217. The highest BCUT2D eigenvalue weighted by Gasteiger charge is 2.25. The second-order valence-electron chi connectivity index (χ2n) is 7.98. The lowest BCUT2D eigenvalue weighted by Gasteiger charge is -2.16.